The maximum Gasteiger partial charge on any atom is 0.262 e. The highest BCUT2D eigenvalue weighted by Gasteiger charge is 2.55. The molecule has 0 radical (unpaired) electrons. The van der Waals surface area contributed by atoms with Gasteiger partial charge in [-0.25, -0.2) is 17.6 Å². The summed E-state index contributed by atoms with van der Waals surface area (Å²) in [7, 11) is 0. The van der Waals surface area contributed by atoms with Crippen LogP contribution in [-0.4, -0.2) is 112 Å². The number of amides is 5. The Labute approximate surface area is 366 Å². The summed E-state index contributed by atoms with van der Waals surface area (Å²) in [4.78, 5) is 76.5. The minimum absolute atomic E-state index is 0.0704. The summed E-state index contributed by atoms with van der Waals surface area (Å²) in [5, 5.41) is 3.16. The molecule has 16 heteroatoms. The summed E-state index contributed by atoms with van der Waals surface area (Å²) < 4.78 is 60.3. The normalized spacial score (nSPS) is 25.0. The molecule has 1 aliphatic carbocycles. The van der Waals surface area contributed by atoms with Gasteiger partial charge in [-0.05, 0) is 98.4 Å². The monoisotopic (exact) mass is 879 g/mol. The third-order valence-corrected chi connectivity index (χ3v) is 15.3. The molecule has 5 amide bonds. The molecule has 12 nitrogen and oxygen atoms in total. The van der Waals surface area contributed by atoms with Crippen molar-refractivity contribution < 1.29 is 41.5 Å². The molecule has 1 saturated carbocycles. The topological polar surface area (TPSA) is 129 Å². The molecule has 1 aromatic heterocycles. The van der Waals surface area contributed by atoms with Gasteiger partial charge >= 0.3 is 0 Å². The summed E-state index contributed by atoms with van der Waals surface area (Å²) in [6.45, 7) is 5.83. The van der Waals surface area contributed by atoms with Crippen LogP contribution in [0.1, 0.15) is 100 Å². The van der Waals surface area contributed by atoms with Gasteiger partial charge in [-0.1, -0.05) is 18.2 Å². The molecule has 11 rings (SSSR count). The highest BCUT2D eigenvalue weighted by molar-refractivity contribution is 6.23. The van der Waals surface area contributed by atoms with Crippen LogP contribution in [0.25, 0.3) is 10.9 Å². The van der Waals surface area contributed by atoms with E-state index in [0.29, 0.717) is 74.1 Å². The van der Waals surface area contributed by atoms with Gasteiger partial charge in [0.25, 0.3) is 18.2 Å². The molecule has 4 aromatic rings. The Kier molecular flexibility index (Phi) is 9.80. The molecule has 7 heterocycles. The van der Waals surface area contributed by atoms with E-state index in [-0.39, 0.29) is 41.7 Å². The molecule has 6 aliphatic heterocycles. The summed E-state index contributed by atoms with van der Waals surface area (Å²) >= 11 is 0. The van der Waals surface area contributed by atoms with Gasteiger partial charge in [-0.3, -0.25) is 44.0 Å². The van der Waals surface area contributed by atoms with Crippen LogP contribution < -0.4 is 10.2 Å². The first-order chi connectivity index (χ1) is 30.7. The number of aromatic nitrogens is 1. The molecule has 3 saturated heterocycles. The van der Waals surface area contributed by atoms with Crippen molar-refractivity contribution in [2.45, 2.75) is 89.5 Å². The van der Waals surface area contributed by atoms with Crippen LogP contribution in [0.15, 0.2) is 48.5 Å². The number of para-hydroxylation sites is 1. The van der Waals surface area contributed by atoms with E-state index in [4.69, 9.17) is 0 Å². The average Bonchev–Trinajstić information content (AvgIpc) is 3.87. The molecular formula is C48H49F4N7O5. The van der Waals surface area contributed by atoms with E-state index < -0.39 is 60.3 Å². The molecule has 1 spiro atoms. The SMILES string of the molecule is C[C@@H]1Cc2c([nH]c3ccccc23)[C@@H](c2c(F)cc(N3CC4(CC(C(=O)N5CCC(CN6Cc7cc8c(cc7C6)C(=O)N(C6CCC(=O)NC6=O)C8=O)CC5)C4)C3)cc2F)N1CC(F)F. The minimum atomic E-state index is -2.68. The molecule has 3 atom stereocenters. The van der Waals surface area contributed by atoms with Crippen LogP contribution >= 0.6 is 0 Å². The second-order valence-corrected chi connectivity index (χ2v) is 19.4. The highest BCUT2D eigenvalue weighted by Crippen LogP contribution is 2.54. The number of carbonyl (C=O) groups is 5. The second-order valence-electron chi connectivity index (χ2n) is 19.4. The molecule has 64 heavy (non-hydrogen) atoms. The van der Waals surface area contributed by atoms with Gasteiger partial charge < -0.3 is 14.8 Å². The number of H-pyrrole nitrogens is 1. The minimum Gasteiger partial charge on any atom is -0.370 e. The predicted molar refractivity (Wildman–Crippen MR) is 226 cm³/mol. The number of likely N-dealkylation sites (tertiary alicyclic amines) is 1. The van der Waals surface area contributed by atoms with E-state index >= 15 is 8.78 Å². The largest absolute Gasteiger partial charge is 0.370 e. The number of aromatic amines is 1. The number of fused-ring (bicyclic) bond motifs is 5. The van der Waals surface area contributed by atoms with E-state index in [1.807, 2.05) is 41.0 Å². The Morgan fingerprint density at radius 1 is 0.891 bits per heavy atom. The zero-order chi connectivity index (χ0) is 44.3. The van der Waals surface area contributed by atoms with Crippen molar-refractivity contribution in [1.82, 2.24) is 29.9 Å². The van der Waals surface area contributed by atoms with Crippen molar-refractivity contribution in [3.05, 3.63) is 99.2 Å². The molecule has 7 aliphatic rings. The predicted octanol–water partition coefficient (Wildman–Crippen LogP) is 5.92. The van der Waals surface area contributed by atoms with Gasteiger partial charge in [0.05, 0.1) is 23.7 Å². The van der Waals surface area contributed by atoms with Crippen molar-refractivity contribution in [3.8, 4) is 0 Å². The van der Waals surface area contributed by atoms with Gasteiger partial charge in [-0.2, -0.15) is 0 Å². The van der Waals surface area contributed by atoms with Crippen LogP contribution in [0.2, 0.25) is 0 Å². The lowest BCUT2D eigenvalue weighted by atomic mass is 9.57. The van der Waals surface area contributed by atoms with Crippen molar-refractivity contribution in [2.24, 2.45) is 17.3 Å². The standard InChI is InChI=1S/C48H49F4N7O5/c1-25-12-32-31-4-2-3-5-37(31)53-42(32)43(58(25)22-39(51)52)41-35(49)15-30(16-36(41)50)57-23-48(24-57)17-29(18-48)45(62)56-10-8-26(9-11-56)19-55-20-27-13-33-34(14-28(27)21-55)47(64)59(46(33)63)38-6-7-40(60)54-44(38)61/h2-5,13-16,25-26,29,38-39,43,53H,6-12,17-24H2,1H3,(H,54,60,61)/t25-,38?,43-/m1/s1. The van der Waals surface area contributed by atoms with Crippen LogP contribution in [0, 0.1) is 28.9 Å². The average molecular weight is 880 g/mol. The van der Waals surface area contributed by atoms with Crippen molar-refractivity contribution >= 4 is 46.1 Å². The highest BCUT2D eigenvalue weighted by atomic mass is 19.3. The number of anilines is 1. The van der Waals surface area contributed by atoms with Gasteiger partial charge in [0.15, 0.2) is 0 Å². The number of hydrogen-bond acceptors (Lipinski definition) is 8. The quantitative estimate of drug-likeness (QED) is 0.165. The molecule has 3 aromatic carbocycles. The lowest BCUT2D eigenvalue weighted by Gasteiger charge is -2.60. The number of carbonyl (C=O) groups excluding carboxylic acids is 5. The molecule has 0 bridgehead atoms. The number of halogens is 4. The Bertz CT molecular complexity index is 2580. The summed E-state index contributed by atoms with van der Waals surface area (Å²) in [6, 6.07) is 11.4. The number of nitrogens with one attached hydrogen (secondary N) is 2. The van der Waals surface area contributed by atoms with Gasteiger partial charge in [0.1, 0.15) is 17.7 Å². The zero-order valence-electron chi connectivity index (χ0n) is 35.5. The first-order valence-electron chi connectivity index (χ1n) is 22.5. The number of imide groups is 2. The first kappa shape index (κ1) is 41.1. The third-order valence-electron chi connectivity index (χ3n) is 15.3. The van der Waals surface area contributed by atoms with Crippen molar-refractivity contribution in [2.75, 3.05) is 44.2 Å². The van der Waals surface area contributed by atoms with E-state index in [9.17, 15) is 32.8 Å². The van der Waals surface area contributed by atoms with E-state index in [2.05, 4.69) is 15.2 Å². The number of piperidine rings is 2. The van der Waals surface area contributed by atoms with E-state index in [1.165, 1.54) is 17.0 Å². The number of hydrogen-bond donors (Lipinski definition) is 2. The van der Waals surface area contributed by atoms with Crippen LogP contribution in [0.4, 0.5) is 23.2 Å². The summed E-state index contributed by atoms with van der Waals surface area (Å²) in [6.07, 6.45) is 1.17. The van der Waals surface area contributed by atoms with Gasteiger partial charge in [-0.15, -0.1) is 0 Å². The number of alkyl halides is 2. The third kappa shape index (κ3) is 6.73. The van der Waals surface area contributed by atoms with Crippen molar-refractivity contribution in [1.29, 1.82) is 0 Å². The second kappa shape index (κ2) is 15.3. The summed E-state index contributed by atoms with van der Waals surface area (Å²) in [5.41, 5.74) is 4.89. The summed E-state index contributed by atoms with van der Waals surface area (Å²) in [5.74, 6) is -3.12. The Balaban J connectivity index is 0.675. The molecule has 4 fully saturated rings. The lowest BCUT2D eigenvalue weighted by Crippen LogP contribution is -2.64. The lowest BCUT2D eigenvalue weighted by molar-refractivity contribution is -0.146. The fourth-order valence-corrected chi connectivity index (χ4v) is 12.2. The maximum absolute atomic E-state index is 16.2. The Morgan fingerprint density at radius 2 is 1.55 bits per heavy atom. The van der Waals surface area contributed by atoms with Gasteiger partial charge in [0, 0.05) is 97.5 Å². The first-order valence-corrected chi connectivity index (χ1v) is 22.5. The number of benzene rings is 3. The van der Waals surface area contributed by atoms with Crippen LogP contribution in [0.5, 0.6) is 0 Å². The molecule has 334 valence electrons. The van der Waals surface area contributed by atoms with Crippen LogP contribution in [0.3, 0.4) is 0 Å². The molecular weight excluding hydrogens is 831 g/mol. The van der Waals surface area contributed by atoms with Gasteiger partial charge in [0.2, 0.25) is 17.7 Å². The maximum atomic E-state index is 16.2. The smallest absolute Gasteiger partial charge is 0.262 e. The van der Waals surface area contributed by atoms with E-state index in [0.717, 1.165) is 64.7 Å². The fraction of sp³-hybridized carbons (Fsp3) is 0.479. The van der Waals surface area contributed by atoms with Crippen LogP contribution in [-0.2, 0) is 33.9 Å². The zero-order valence-corrected chi connectivity index (χ0v) is 35.5. The fourth-order valence-electron chi connectivity index (χ4n) is 12.2. The number of nitrogens with zero attached hydrogens (tertiary/aromatic N) is 5. The molecule has 1 unspecified atom stereocenters. The Morgan fingerprint density at radius 3 is 2.19 bits per heavy atom. The van der Waals surface area contributed by atoms with E-state index in [1.54, 1.807) is 12.1 Å². The number of rotatable bonds is 8. The van der Waals surface area contributed by atoms with Crippen molar-refractivity contribution in [3.63, 3.8) is 0 Å². The molecule has 2 N–H and O–H groups in total. The Hall–Kier alpha value is -5.61.